The summed E-state index contributed by atoms with van der Waals surface area (Å²) in [6, 6.07) is 5.42. The Bertz CT molecular complexity index is 720. The van der Waals surface area contributed by atoms with E-state index < -0.39 is 22.1 Å². The quantitative estimate of drug-likeness (QED) is 0.739. The Balaban J connectivity index is 2.96. The summed E-state index contributed by atoms with van der Waals surface area (Å²) in [5.74, 6) is -1.04. The molecule has 0 fully saturated rings. The summed E-state index contributed by atoms with van der Waals surface area (Å²) in [5.41, 5.74) is 0.0663. The molecule has 1 aromatic rings. The Morgan fingerprint density at radius 1 is 1.08 bits per heavy atom. The molecule has 1 rings (SSSR count). The minimum atomic E-state index is -3.67. The van der Waals surface area contributed by atoms with Crippen LogP contribution in [0.4, 0.5) is 0 Å². The summed E-state index contributed by atoms with van der Waals surface area (Å²) in [5, 5.41) is 0. The van der Waals surface area contributed by atoms with Gasteiger partial charge < -0.3 is 9.64 Å². The number of hydrogen-bond acceptors (Lipinski definition) is 5. The second-order valence-corrected chi connectivity index (χ2v) is 8.10. The molecule has 0 saturated carbocycles. The van der Waals surface area contributed by atoms with E-state index in [-0.39, 0.29) is 28.4 Å². The summed E-state index contributed by atoms with van der Waals surface area (Å²) >= 11 is 0. The first-order chi connectivity index (χ1) is 11.5. The normalized spacial score (nSPS) is 13.0. The lowest BCUT2D eigenvalue weighted by molar-refractivity contribution is -0.143. The zero-order valence-electron chi connectivity index (χ0n) is 15.4. The minimum Gasteiger partial charge on any atom is -0.449 e. The number of sulfonamides is 1. The van der Waals surface area contributed by atoms with E-state index in [1.54, 1.807) is 4.90 Å². The molecule has 0 saturated heterocycles. The van der Waals surface area contributed by atoms with E-state index in [1.165, 1.54) is 38.2 Å². The summed E-state index contributed by atoms with van der Waals surface area (Å²) < 4.78 is 31.1. The standard InChI is InChI=1S/C17H26N2O5S/c1-11(2)19(12(3)4)16(20)13(5)24-17(21)14-8-7-9-15(10-14)25(22,23)18-6/h7-13,18H,1-6H3. The van der Waals surface area contributed by atoms with Crippen LogP contribution in [0, 0.1) is 0 Å². The number of rotatable bonds is 7. The molecule has 0 aliphatic heterocycles. The molecule has 0 aliphatic carbocycles. The van der Waals surface area contributed by atoms with Gasteiger partial charge in [0.2, 0.25) is 10.0 Å². The second kappa shape index (κ2) is 8.44. The average Bonchev–Trinajstić information content (AvgIpc) is 2.54. The second-order valence-electron chi connectivity index (χ2n) is 6.22. The third-order valence-electron chi connectivity index (χ3n) is 3.65. The van der Waals surface area contributed by atoms with Crippen molar-refractivity contribution in [2.75, 3.05) is 7.05 Å². The zero-order valence-corrected chi connectivity index (χ0v) is 16.3. The molecule has 1 aromatic carbocycles. The number of carbonyl (C=O) groups is 2. The van der Waals surface area contributed by atoms with E-state index in [0.29, 0.717) is 0 Å². The molecule has 0 spiro atoms. The van der Waals surface area contributed by atoms with E-state index in [0.717, 1.165) is 0 Å². The lowest BCUT2D eigenvalue weighted by Gasteiger charge is -2.32. The summed E-state index contributed by atoms with van der Waals surface area (Å²) in [4.78, 5) is 26.4. The molecule has 1 unspecified atom stereocenters. The number of benzene rings is 1. The number of nitrogens with one attached hydrogen (secondary N) is 1. The predicted octanol–water partition coefficient (Wildman–Crippen LogP) is 1.79. The molecule has 0 radical (unpaired) electrons. The van der Waals surface area contributed by atoms with Crippen LogP contribution in [0.25, 0.3) is 0 Å². The molecule has 140 valence electrons. The first-order valence-corrected chi connectivity index (χ1v) is 9.56. The Hall–Kier alpha value is -1.93. The number of amides is 1. The van der Waals surface area contributed by atoms with Crippen molar-refractivity contribution >= 4 is 21.9 Å². The van der Waals surface area contributed by atoms with Gasteiger partial charge in [-0.05, 0) is 59.9 Å². The highest BCUT2D eigenvalue weighted by atomic mass is 32.2. The molecule has 0 aliphatic rings. The number of nitrogens with zero attached hydrogens (tertiary/aromatic N) is 1. The number of ether oxygens (including phenoxy) is 1. The highest BCUT2D eigenvalue weighted by Gasteiger charge is 2.28. The summed E-state index contributed by atoms with van der Waals surface area (Å²) in [6.45, 7) is 9.06. The van der Waals surface area contributed by atoms with Crippen LogP contribution in [-0.2, 0) is 19.6 Å². The van der Waals surface area contributed by atoms with E-state index >= 15 is 0 Å². The van der Waals surface area contributed by atoms with Crippen molar-refractivity contribution in [1.29, 1.82) is 0 Å². The van der Waals surface area contributed by atoms with Gasteiger partial charge in [-0.15, -0.1) is 0 Å². The van der Waals surface area contributed by atoms with Crippen LogP contribution in [0.3, 0.4) is 0 Å². The maximum absolute atomic E-state index is 12.5. The van der Waals surface area contributed by atoms with Crippen molar-refractivity contribution in [3.8, 4) is 0 Å². The van der Waals surface area contributed by atoms with Gasteiger partial charge in [-0.1, -0.05) is 6.07 Å². The Morgan fingerprint density at radius 2 is 1.64 bits per heavy atom. The Labute approximate surface area is 149 Å². The molecule has 1 atom stereocenters. The highest BCUT2D eigenvalue weighted by Crippen LogP contribution is 2.15. The van der Waals surface area contributed by atoms with Gasteiger partial charge in [0.15, 0.2) is 6.10 Å². The first kappa shape index (κ1) is 21.1. The molecular weight excluding hydrogens is 344 g/mol. The minimum absolute atomic E-state index is 0.0299. The van der Waals surface area contributed by atoms with Gasteiger partial charge in [-0.25, -0.2) is 17.9 Å². The fourth-order valence-electron chi connectivity index (χ4n) is 2.50. The van der Waals surface area contributed by atoms with Crippen LogP contribution in [0.15, 0.2) is 29.2 Å². The summed E-state index contributed by atoms with van der Waals surface area (Å²) in [6.07, 6.45) is -0.970. The van der Waals surface area contributed by atoms with Crippen LogP contribution in [0.1, 0.15) is 45.0 Å². The predicted molar refractivity (Wildman–Crippen MR) is 94.7 cm³/mol. The van der Waals surface area contributed by atoms with Crippen LogP contribution in [-0.4, -0.2) is 50.4 Å². The molecule has 8 heteroatoms. The van der Waals surface area contributed by atoms with Crippen molar-refractivity contribution in [2.45, 2.75) is 57.7 Å². The lowest BCUT2D eigenvalue weighted by atomic mass is 10.2. The number of carbonyl (C=O) groups excluding carboxylic acids is 2. The molecule has 0 bridgehead atoms. The van der Waals surface area contributed by atoms with E-state index in [9.17, 15) is 18.0 Å². The maximum Gasteiger partial charge on any atom is 0.338 e. The smallest absolute Gasteiger partial charge is 0.338 e. The third-order valence-corrected chi connectivity index (χ3v) is 5.06. The van der Waals surface area contributed by atoms with E-state index in [1.807, 2.05) is 27.7 Å². The molecule has 1 N–H and O–H groups in total. The van der Waals surface area contributed by atoms with Crippen LogP contribution in [0.5, 0.6) is 0 Å². The largest absolute Gasteiger partial charge is 0.449 e. The fraction of sp³-hybridized carbons (Fsp3) is 0.529. The number of esters is 1. The highest BCUT2D eigenvalue weighted by molar-refractivity contribution is 7.89. The molecular formula is C17H26N2O5S. The Morgan fingerprint density at radius 3 is 2.12 bits per heavy atom. The Kier molecular flexibility index (Phi) is 7.13. The van der Waals surface area contributed by atoms with Gasteiger partial charge in [0.1, 0.15) is 0 Å². The van der Waals surface area contributed by atoms with Crippen molar-refractivity contribution in [3.63, 3.8) is 0 Å². The van der Waals surface area contributed by atoms with Gasteiger partial charge >= 0.3 is 5.97 Å². The molecule has 25 heavy (non-hydrogen) atoms. The average molecular weight is 370 g/mol. The van der Waals surface area contributed by atoms with E-state index in [4.69, 9.17) is 4.74 Å². The van der Waals surface area contributed by atoms with Crippen LogP contribution in [0.2, 0.25) is 0 Å². The number of hydrogen-bond donors (Lipinski definition) is 1. The molecule has 0 aromatic heterocycles. The maximum atomic E-state index is 12.5. The molecule has 7 nitrogen and oxygen atoms in total. The molecule has 1 amide bonds. The van der Waals surface area contributed by atoms with Gasteiger partial charge in [0, 0.05) is 12.1 Å². The van der Waals surface area contributed by atoms with E-state index in [2.05, 4.69) is 4.72 Å². The SMILES string of the molecule is CNS(=O)(=O)c1cccc(C(=O)OC(C)C(=O)N(C(C)C)C(C)C)c1. The van der Waals surface area contributed by atoms with Crippen molar-refractivity contribution in [2.24, 2.45) is 0 Å². The van der Waals surface area contributed by atoms with Crippen LogP contribution < -0.4 is 4.72 Å². The topological polar surface area (TPSA) is 92.8 Å². The fourth-order valence-corrected chi connectivity index (χ4v) is 3.28. The van der Waals surface area contributed by atoms with Gasteiger partial charge in [0.25, 0.3) is 5.91 Å². The first-order valence-electron chi connectivity index (χ1n) is 8.08. The van der Waals surface area contributed by atoms with Crippen molar-refractivity contribution in [3.05, 3.63) is 29.8 Å². The van der Waals surface area contributed by atoms with Gasteiger partial charge in [-0.3, -0.25) is 4.79 Å². The third kappa shape index (κ3) is 5.27. The summed E-state index contributed by atoms with van der Waals surface area (Å²) in [7, 11) is -2.38. The van der Waals surface area contributed by atoms with Crippen molar-refractivity contribution < 1.29 is 22.7 Å². The molecule has 0 heterocycles. The van der Waals surface area contributed by atoms with Crippen LogP contribution >= 0.6 is 0 Å². The monoisotopic (exact) mass is 370 g/mol. The van der Waals surface area contributed by atoms with Gasteiger partial charge in [0.05, 0.1) is 10.5 Å². The lowest BCUT2D eigenvalue weighted by Crippen LogP contribution is -2.47. The van der Waals surface area contributed by atoms with Crippen molar-refractivity contribution in [1.82, 2.24) is 9.62 Å². The zero-order chi connectivity index (χ0) is 19.4. The van der Waals surface area contributed by atoms with Gasteiger partial charge in [-0.2, -0.15) is 0 Å².